The predicted molar refractivity (Wildman–Crippen MR) is 68.3 cm³/mol. The van der Waals surface area contributed by atoms with E-state index in [-0.39, 0.29) is 11.7 Å². The number of carbonyl (C=O) groups is 2. The normalized spacial score (nSPS) is 10.5. The van der Waals surface area contributed by atoms with E-state index in [9.17, 15) is 9.59 Å². The van der Waals surface area contributed by atoms with Crippen LogP contribution >= 0.6 is 0 Å². The molecule has 0 bridgehead atoms. The lowest BCUT2D eigenvalue weighted by Crippen LogP contribution is -2.16. The zero-order chi connectivity index (χ0) is 13.1. The average Bonchev–Trinajstić information content (AvgIpc) is 2.69. The second kappa shape index (κ2) is 4.91. The molecule has 1 heterocycles. The van der Waals surface area contributed by atoms with Crippen molar-refractivity contribution < 1.29 is 14.0 Å². The summed E-state index contributed by atoms with van der Waals surface area (Å²) >= 11 is 0. The summed E-state index contributed by atoms with van der Waals surface area (Å²) in [5.41, 5.74) is 6.13. The zero-order valence-electron chi connectivity index (χ0n) is 10.0. The molecule has 2 amide bonds. The van der Waals surface area contributed by atoms with Crippen LogP contribution in [-0.2, 0) is 4.79 Å². The molecule has 0 atom stereocenters. The maximum Gasteiger partial charge on any atom is 0.286 e. The third kappa shape index (κ3) is 2.20. The first-order valence-corrected chi connectivity index (χ1v) is 5.74. The fourth-order valence-electron chi connectivity index (χ4n) is 1.77. The molecule has 0 aliphatic carbocycles. The number of carbonyl (C=O) groups excluding carboxylic acids is 2. The number of benzene rings is 1. The van der Waals surface area contributed by atoms with Crippen molar-refractivity contribution in [2.45, 2.75) is 19.8 Å². The van der Waals surface area contributed by atoms with Gasteiger partial charge in [-0.05, 0) is 18.6 Å². The van der Waals surface area contributed by atoms with Gasteiger partial charge in [0.2, 0.25) is 11.7 Å². The predicted octanol–water partition coefficient (Wildman–Crippen LogP) is 2.27. The summed E-state index contributed by atoms with van der Waals surface area (Å²) in [7, 11) is 0. The standard InChI is InChI=1S/C13H14N2O3/c1-2-5-10(16)15-11-8-6-3-4-7-9(8)18-12(11)13(14)17/h3-4,6-7H,2,5H2,1H3,(H2,14,17)(H,15,16). The van der Waals surface area contributed by atoms with Crippen molar-refractivity contribution in [1.29, 1.82) is 0 Å². The van der Waals surface area contributed by atoms with Crippen LogP contribution in [0, 0.1) is 0 Å². The molecule has 0 saturated carbocycles. The van der Waals surface area contributed by atoms with Gasteiger partial charge in [0.15, 0.2) is 0 Å². The van der Waals surface area contributed by atoms with Gasteiger partial charge >= 0.3 is 0 Å². The second-order valence-corrected chi connectivity index (χ2v) is 3.96. The topological polar surface area (TPSA) is 85.3 Å². The molecule has 0 aliphatic rings. The van der Waals surface area contributed by atoms with Crippen LogP contribution in [0.25, 0.3) is 11.0 Å². The number of nitrogens with two attached hydrogens (primary N) is 1. The SMILES string of the molecule is CCCC(=O)Nc1c(C(N)=O)oc2ccccc12. The van der Waals surface area contributed by atoms with Gasteiger partial charge in [-0.2, -0.15) is 0 Å². The molecule has 18 heavy (non-hydrogen) atoms. The first-order valence-electron chi connectivity index (χ1n) is 5.74. The lowest BCUT2D eigenvalue weighted by molar-refractivity contribution is -0.116. The van der Waals surface area contributed by atoms with Gasteiger partial charge in [-0.25, -0.2) is 0 Å². The molecule has 1 aromatic heterocycles. The lowest BCUT2D eigenvalue weighted by Gasteiger charge is -2.03. The Morgan fingerprint density at radius 3 is 2.72 bits per heavy atom. The number of primary amides is 1. The number of hydrogen-bond donors (Lipinski definition) is 2. The summed E-state index contributed by atoms with van der Waals surface area (Å²) in [6, 6.07) is 7.08. The number of rotatable bonds is 4. The molecule has 2 aromatic rings. The molecule has 0 fully saturated rings. The van der Waals surface area contributed by atoms with E-state index in [0.717, 1.165) is 6.42 Å². The summed E-state index contributed by atoms with van der Waals surface area (Å²) in [6.45, 7) is 1.90. The molecule has 0 radical (unpaired) electrons. The van der Waals surface area contributed by atoms with Crippen molar-refractivity contribution in [3.63, 3.8) is 0 Å². The van der Waals surface area contributed by atoms with Crippen LogP contribution in [0.2, 0.25) is 0 Å². The molecule has 2 rings (SSSR count). The Morgan fingerprint density at radius 1 is 1.33 bits per heavy atom. The Balaban J connectivity index is 2.48. The minimum Gasteiger partial charge on any atom is -0.449 e. The number of nitrogens with one attached hydrogen (secondary N) is 1. The summed E-state index contributed by atoms with van der Waals surface area (Å²) < 4.78 is 5.35. The number of fused-ring (bicyclic) bond motifs is 1. The van der Waals surface area contributed by atoms with E-state index in [1.165, 1.54) is 0 Å². The van der Waals surface area contributed by atoms with Crippen LogP contribution in [0.5, 0.6) is 0 Å². The summed E-state index contributed by atoms with van der Waals surface area (Å²) in [6.07, 6.45) is 1.12. The van der Waals surface area contributed by atoms with E-state index in [1.54, 1.807) is 24.3 Å². The smallest absolute Gasteiger partial charge is 0.286 e. The number of anilines is 1. The Labute approximate surface area is 104 Å². The van der Waals surface area contributed by atoms with Gasteiger partial charge in [0.1, 0.15) is 11.3 Å². The second-order valence-electron chi connectivity index (χ2n) is 3.96. The Kier molecular flexibility index (Phi) is 3.32. The third-order valence-corrected chi connectivity index (χ3v) is 2.56. The van der Waals surface area contributed by atoms with Crippen molar-refractivity contribution in [3.05, 3.63) is 30.0 Å². The highest BCUT2D eigenvalue weighted by molar-refractivity contribution is 6.10. The molecule has 94 valence electrons. The number of furan rings is 1. The van der Waals surface area contributed by atoms with Crippen molar-refractivity contribution >= 4 is 28.5 Å². The van der Waals surface area contributed by atoms with E-state index in [2.05, 4.69) is 5.32 Å². The fraction of sp³-hybridized carbons (Fsp3) is 0.231. The van der Waals surface area contributed by atoms with Gasteiger partial charge in [0.05, 0.1) is 0 Å². The van der Waals surface area contributed by atoms with Gasteiger partial charge < -0.3 is 15.5 Å². The van der Waals surface area contributed by atoms with Crippen molar-refractivity contribution in [3.8, 4) is 0 Å². The summed E-state index contributed by atoms with van der Waals surface area (Å²) in [5.74, 6) is -0.870. The van der Waals surface area contributed by atoms with E-state index < -0.39 is 5.91 Å². The minimum absolute atomic E-state index is 0.0133. The highest BCUT2D eigenvalue weighted by Gasteiger charge is 2.19. The van der Waals surface area contributed by atoms with Crippen LogP contribution in [-0.4, -0.2) is 11.8 Å². The molecule has 5 nitrogen and oxygen atoms in total. The highest BCUT2D eigenvalue weighted by atomic mass is 16.3. The quantitative estimate of drug-likeness (QED) is 0.867. The van der Waals surface area contributed by atoms with Gasteiger partial charge in [0.25, 0.3) is 5.91 Å². The van der Waals surface area contributed by atoms with E-state index in [0.29, 0.717) is 23.1 Å². The number of hydrogen-bond acceptors (Lipinski definition) is 3. The average molecular weight is 246 g/mol. The molecule has 0 unspecified atom stereocenters. The molecule has 1 aromatic carbocycles. The molecule has 3 N–H and O–H groups in total. The number of amides is 2. The first-order chi connectivity index (χ1) is 8.63. The zero-order valence-corrected chi connectivity index (χ0v) is 10.0. The summed E-state index contributed by atoms with van der Waals surface area (Å²) in [5, 5.41) is 3.36. The molecule has 0 spiro atoms. The van der Waals surface area contributed by atoms with Crippen LogP contribution < -0.4 is 11.1 Å². The highest BCUT2D eigenvalue weighted by Crippen LogP contribution is 2.30. The molecule has 5 heteroatoms. The third-order valence-electron chi connectivity index (χ3n) is 2.56. The minimum atomic E-state index is -0.696. The van der Waals surface area contributed by atoms with Crippen LogP contribution in [0.3, 0.4) is 0 Å². The van der Waals surface area contributed by atoms with Crippen LogP contribution in [0.4, 0.5) is 5.69 Å². The molecule has 0 saturated heterocycles. The van der Waals surface area contributed by atoms with Gasteiger partial charge in [-0.3, -0.25) is 9.59 Å². The Morgan fingerprint density at radius 2 is 2.06 bits per heavy atom. The van der Waals surface area contributed by atoms with Crippen LogP contribution in [0.15, 0.2) is 28.7 Å². The molecular weight excluding hydrogens is 232 g/mol. The first kappa shape index (κ1) is 12.2. The maximum atomic E-state index is 11.6. The van der Waals surface area contributed by atoms with E-state index >= 15 is 0 Å². The van der Waals surface area contributed by atoms with Crippen LogP contribution in [0.1, 0.15) is 30.3 Å². The van der Waals surface area contributed by atoms with Crippen molar-refractivity contribution in [1.82, 2.24) is 0 Å². The van der Waals surface area contributed by atoms with E-state index in [4.69, 9.17) is 10.2 Å². The summed E-state index contributed by atoms with van der Waals surface area (Å²) in [4.78, 5) is 22.9. The monoisotopic (exact) mass is 246 g/mol. The Bertz CT molecular complexity index is 601. The molecular formula is C13H14N2O3. The van der Waals surface area contributed by atoms with Gasteiger partial charge in [-0.1, -0.05) is 19.1 Å². The Hall–Kier alpha value is -2.30. The van der Waals surface area contributed by atoms with Gasteiger partial charge in [-0.15, -0.1) is 0 Å². The lowest BCUT2D eigenvalue weighted by atomic mass is 10.2. The maximum absolute atomic E-state index is 11.6. The van der Waals surface area contributed by atoms with Crippen molar-refractivity contribution in [2.75, 3.05) is 5.32 Å². The fourth-order valence-corrected chi connectivity index (χ4v) is 1.77. The van der Waals surface area contributed by atoms with Gasteiger partial charge in [0, 0.05) is 11.8 Å². The van der Waals surface area contributed by atoms with E-state index in [1.807, 2.05) is 6.92 Å². The number of para-hydroxylation sites is 1. The van der Waals surface area contributed by atoms with Crippen molar-refractivity contribution in [2.24, 2.45) is 5.73 Å². The molecule has 0 aliphatic heterocycles. The largest absolute Gasteiger partial charge is 0.449 e.